The van der Waals surface area contributed by atoms with E-state index in [-0.39, 0.29) is 12.5 Å². The average molecular weight is 422 g/mol. The molecule has 30 heavy (non-hydrogen) atoms. The lowest BCUT2D eigenvalue weighted by Crippen LogP contribution is -2.34. The van der Waals surface area contributed by atoms with Crippen LogP contribution in [-0.4, -0.2) is 28.9 Å². The Bertz CT molecular complexity index is 1020. The van der Waals surface area contributed by atoms with Crippen molar-refractivity contribution < 1.29 is 18.5 Å². The minimum Gasteiger partial charge on any atom is -0.452 e. The van der Waals surface area contributed by atoms with Crippen molar-refractivity contribution >= 4 is 28.4 Å². The van der Waals surface area contributed by atoms with Crippen molar-refractivity contribution in [3.63, 3.8) is 0 Å². The van der Waals surface area contributed by atoms with E-state index < -0.39 is 16.8 Å². The number of amides is 1. The third-order valence-corrected chi connectivity index (χ3v) is 5.15. The molecule has 0 aliphatic rings. The van der Waals surface area contributed by atoms with Gasteiger partial charge in [0.2, 0.25) is 0 Å². The summed E-state index contributed by atoms with van der Waals surface area (Å²) in [5.41, 5.74) is 2.82. The molecule has 0 aliphatic carbocycles. The van der Waals surface area contributed by atoms with E-state index in [0.29, 0.717) is 17.9 Å². The summed E-state index contributed by atoms with van der Waals surface area (Å²) in [5, 5.41) is 0. The molecule has 0 aliphatic heterocycles. The molecule has 0 fully saturated rings. The number of anilines is 1. The lowest BCUT2D eigenvalue weighted by atomic mass is 10.1. The highest BCUT2D eigenvalue weighted by Gasteiger charge is 2.19. The maximum absolute atomic E-state index is 12.9. The number of ether oxygens (including phenoxy) is 1. The molecule has 154 valence electrons. The van der Waals surface area contributed by atoms with Crippen LogP contribution in [0.15, 0.2) is 84.9 Å². The molecule has 0 saturated carbocycles. The van der Waals surface area contributed by atoms with E-state index in [4.69, 9.17) is 4.74 Å². The molecule has 0 bridgehead atoms. The third kappa shape index (κ3) is 6.12. The van der Waals surface area contributed by atoms with Crippen molar-refractivity contribution in [1.82, 2.24) is 0 Å². The molecule has 0 N–H and O–H groups in total. The molecule has 1 atom stereocenters. The van der Waals surface area contributed by atoms with E-state index in [0.717, 1.165) is 16.8 Å². The molecule has 0 radical (unpaired) electrons. The fourth-order valence-corrected chi connectivity index (χ4v) is 3.66. The Balaban J connectivity index is 1.70. The maximum Gasteiger partial charge on any atom is 0.338 e. The Hall–Kier alpha value is -3.25. The number of para-hydroxylation sites is 1. The second-order valence-corrected chi connectivity index (χ2v) is 8.23. The summed E-state index contributed by atoms with van der Waals surface area (Å²) in [4.78, 5) is 26.9. The standard InChI is InChI=1S/C24H23NO4S/c1-30(28)18-20-11-8-12-21(15-20)24(27)29-17-23(26)25(22-13-6-3-7-14-22)16-19-9-4-2-5-10-19/h2-15H,16-18H2,1H3. The minimum atomic E-state index is -1.01. The van der Waals surface area contributed by atoms with Crippen LogP contribution in [0.5, 0.6) is 0 Å². The van der Waals surface area contributed by atoms with Crippen molar-refractivity contribution in [2.45, 2.75) is 12.3 Å². The van der Waals surface area contributed by atoms with Gasteiger partial charge >= 0.3 is 5.97 Å². The number of nitrogens with zero attached hydrogens (tertiary/aromatic N) is 1. The Morgan fingerprint density at radius 2 is 1.50 bits per heavy atom. The predicted molar refractivity (Wildman–Crippen MR) is 119 cm³/mol. The van der Waals surface area contributed by atoms with Gasteiger partial charge in [-0.3, -0.25) is 9.00 Å². The van der Waals surface area contributed by atoms with Crippen LogP contribution in [0.4, 0.5) is 5.69 Å². The number of esters is 1. The van der Waals surface area contributed by atoms with Gasteiger partial charge in [-0.15, -0.1) is 0 Å². The summed E-state index contributed by atoms with van der Waals surface area (Å²) in [6, 6.07) is 25.7. The van der Waals surface area contributed by atoms with Crippen LogP contribution in [0.2, 0.25) is 0 Å². The number of hydrogen-bond acceptors (Lipinski definition) is 4. The minimum absolute atomic E-state index is 0.316. The highest BCUT2D eigenvalue weighted by molar-refractivity contribution is 7.83. The van der Waals surface area contributed by atoms with E-state index in [2.05, 4.69) is 0 Å². The SMILES string of the molecule is CS(=O)Cc1cccc(C(=O)OCC(=O)N(Cc2ccccc2)c2ccccc2)c1. The number of benzene rings is 3. The zero-order valence-electron chi connectivity index (χ0n) is 16.7. The van der Waals surface area contributed by atoms with Crippen molar-refractivity contribution in [3.05, 3.63) is 102 Å². The zero-order chi connectivity index (χ0) is 21.3. The van der Waals surface area contributed by atoms with Gasteiger partial charge in [-0.1, -0.05) is 60.7 Å². The molecule has 0 spiro atoms. The smallest absolute Gasteiger partial charge is 0.338 e. The molecule has 3 rings (SSSR count). The molecule has 0 aromatic heterocycles. The first kappa shape index (κ1) is 21.5. The molecule has 3 aromatic carbocycles. The Morgan fingerprint density at radius 3 is 2.17 bits per heavy atom. The molecule has 1 amide bonds. The molecule has 6 heteroatoms. The molecule has 1 unspecified atom stereocenters. The van der Waals surface area contributed by atoms with Crippen LogP contribution < -0.4 is 4.90 Å². The summed E-state index contributed by atoms with van der Waals surface area (Å²) in [7, 11) is -1.01. The van der Waals surface area contributed by atoms with Gasteiger partial charge in [-0.05, 0) is 35.4 Å². The van der Waals surface area contributed by atoms with E-state index in [1.807, 2.05) is 60.7 Å². The summed E-state index contributed by atoms with van der Waals surface area (Å²) < 4.78 is 16.7. The Labute approximate surface area is 178 Å². The maximum atomic E-state index is 12.9. The van der Waals surface area contributed by atoms with Crippen LogP contribution in [0.3, 0.4) is 0 Å². The molecule has 0 heterocycles. The summed E-state index contributed by atoms with van der Waals surface area (Å²) in [5.74, 6) is -0.539. The molecular formula is C24H23NO4S. The number of carbonyl (C=O) groups is 2. The fourth-order valence-electron chi connectivity index (χ4n) is 3.01. The van der Waals surface area contributed by atoms with Crippen LogP contribution >= 0.6 is 0 Å². The topological polar surface area (TPSA) is 63.7 Å². The lowest BCUT2D eigenvalue weighted by molar-refractivity contribution is -0.121. The summed E-state index contributed by atoms with van der Waals surface area (Å²) >= 11 is 0. The van der Waals surface area contributed by atoms with E-state index in [1.54, 1.807) is 35.4 Å². The van der Waals surface area contributed by atoms with Gasteiger partial charge in [-0.25, -0.2) is 4.79 Å². The first-order valence-electron chi connectivity index (χ1n) is 9.48. The van der Waals surface area contributed by atoms with Crippen LogP contribution in [0, 0.1) is 0 Å². The fraction of sp³-hybridized carbons (Fsp3) is 0.167. The highest BCUT2D eigenvalue weighted by Crippen LogP contribution is 2.17. The first-order chi connectivity index (χ1) is 14.5. The van der Waals surface area contributed by atoms with Gasteiger partial charge in [0.15, 0.2) is 6.61 Å². The number of carbonyl (C=O) groups excluding carboxylic acids is 2. The predicted octanol–water partition coefficient (Wildman–Crippen LogP) is 3.96. The summed E-state index contributed by atoms with van der Waals surface area (Å²) in [6.07, 6.45) is 1.61. The van der Waals surface area contributed by atoms with Crippen LogP contribution in [0.1, 0.15) is 21.5 Å². The normalized spacial score (nSPS) is 11.5. The molecule has 3 aromatic rings. The monoisotopic (exact) mass is 421 g/mol. The van der Waals surface area contributed by atoms with Gasteiger partial charge in [0.1, 0.15) is 0 Å². The van der Waals surface area contributed by atoms with Crippen molar-refractivity contribution in [3.8, 4) is 0 Å². The Kier molecular flexibility index (Phi) is 7.51. The van der Waals surface area contributed by atoms with Crippen molar-refractivity contribution in [1.29, 1.82) is 0 Å². The van der Waals surface area contributed by atoms with Gasteiger partial charge < -0.3 is 9.64 Å². The number of rotatable bonds is 8. The lowest BCUT2D eigenvalue weighted by Gasteiger charge is -2.23. The van der Waals surface area contributed by atoms with Crippen LogP contribution in [-0.2, 0) is 32.6 Å². The second-order valence-electron chi connectivity index (χ2n) is 6.80. The molecule has 5 nitrogen and oxygen atoms in total. The second kappa shape index (κ2) is 10.5. The van der Waals surface area contributed by atoms with Gasteiger partial charge in [0.05, 0.1) is 12.1 Å². The largest absolute Gasteiger partial charge is 0.452 e. The third-order valence-electron chi connectivity index (χ3n) is 4.41. The van der Waals surface area contributed by atoms with Gasteiger partial charge in [0, 0.05) is 28.5 Å². The quantitative estimate of drug-likeness (QED) is 0.517. The Morgan fingerprint density at radius 1 is 0.867 bits per heavy atom. The van der Waals surface area contributed by atoms with Crippen molar-refractivity contribution in [2.24, 2.45) is 0 Å². The highest BCUT2D eigenvalue weighted by atomic mass is 32.2. The van der Waals surface area contributed by atoms with E-state index in [1.165, 1.54) is 0 Å². The number of hydrogen-bond donors (Lipinski definition) is 0. The molecular weight excluding hydrogens is 398 g/mol. The van der Waals surface area contributed by atoms with Crippen molar-refractivity contribution in [2.75, 3.05) is 17.8 Å². The van der Waals surface area contributed by atoms with Crippen LogP contribution in [0.25, 0.3) is 0 Å². The van der Waals surface area contributed by atoms with Gasteiger partial charge in [-0.2, -0.15) is 0 Å². The first-order valence-corrected chi connectivity index (χ1v) is 11.2. The zero-order valence-corrected chi connectivity index (χ0v) is 17.5. The van der Waals surface area contributed by atoms with E-state index >= 15 is 0 Å². The molecule has 0 saturated heterocycles. The van der Waals surface area contributed by atoms with Gasteiger partial charge in [0.25, 0.3) is 5.91 Å². The summed E-state index contributed by atoms with van der Waals surface area (Å²) in [6.45, 7) is 0.00351. The average Bonchev–Trinajstić information content (AvgIpc) is 2.76. The van der Waals surface area contributed by atoms with E-state index in [9.17, 15) is 13.8 Å².